The van der Waals surface area contributed by atoms with Crippen LogP contribution in [0.4, 0.5) is 10.1 Å². The van der Waals surface area contributed by atoms with Crippen molar-refractivity contribution in [1.29, 1.82) is 0 Å². The van der Waals surface area contributed by atoms with E-state index in [9.17, 15) is 4.39 Å². The predicted octanol–water partition coefficient (Wildman–Crippen LogP) is 4.25. The predicted molar refractivity (Wildman–Crippen MR) is 86.5 cm³/mol. The summed E-state index contributed by atoms with van der Waals surface area (Å²) >= 11 is 5.34. The Morgan fingerprint density at radius 3 is 2.75 bits per heavy atom. The topological polar surface area (TPSA) is 24.1 Å². The molecule has 0 aliphatic heterocycles. The molecule has 110 valence electrons. The van der Waals surface area contributed by atoms with E-state index in [1.165, 1.54) is 18.9 Å². The molecule has 2 rings (SSSR count). The summed E-state index contributed by atoms with van der Waals surface area (Å²) in [5.74, 6) is 1.12. The van der Waals surface area contributed by atoms with Crippen LogP contribution in [0.25, 0.3) is 0 Å². The molecule has 20 heavy (non-hydrogen) atoms. The minimum absolute atomic E-state index is 0.211. The quantitative estimate of drug-likeness (QED) is 0.798. The van der Waals surface area contributed by atoms with Gasteiger partial charge in [0.1, 0.15) is 5.82 Å². The van der Waals surface area contributed by atoms with Crippen LogP contribution in [-0.2, 0) is 0 Å². The van der Waals surface area contributed by atoms with Gasteiger partial charge in [-0.1, -0.05) is 32.8 Å². The summed E-state index contributed by atoms with van der Waals surface area (Å²) in [5, 5.41) is 7.04. The number of halogens is 1. The molecule has 1 aliphatic rings. The lowest BCUT2D eigenvalue weighted by Crippen LogP contribution is -2.45. The summed E-state index contributed by atoms with van der Waals surface area (Å²) < 4.78 is 13.5. The molecule has 3 atom stereocenters. The van der Waals surface area contributed by atoms with Crippen LogP contribution in [0.2, 0.25) is 0 Å². The molecule has 0 unspecified atom stereocenters. The third kappa shape index (κ3) is 3.69. The van der Waals surface area contributed by atoms with Crippen molar-refractivity contribution in [3.8, 4) is 0 Å². The van der Waals surface area contributed by atoms with E-state index in [0.29, 0.717) is 28.3 Å². The van der Waals surface area contributed by atoms with Gasteiger partial charge >= 0.3 is 0 Å². The summed E-state index contributed by atoms with van der Waals surface area (Å²) in [6, 6.07) is 5.50. The van der Waals surface area contributed by atoms with Crippen molar-refractivity contribution in [2.45, 2.75) is 46.1 Å². The molecule has 1 aromatic rings. The molecule has 0 saturated heterocycles. The van der Waals surface area contributed by atoms with E-state index in [2.05, 4.69) is 24.5 Å². The van der Waals surface area contributed by atoms with Crippen LogP contribution >= 0.6 is 12.2 Å². The lowest BCUT2D eigenvalue weighted by molar-refractivity contribution is 0.225. The van der Waals surface area contributed by atoms with Gasteiger partial charge in [-0.3, -0.25) is 0 Å². The highest BCUT2D eigenvalue weighted by molar-refractivity contribution is 7.80. The van der Waals surface area contributed by atoms with Crippen LogP contribution in [0.15, 0.2) is 18.2 Å². The molecule has 1 saturated carbocycles. The van der Waals surface area contributed by atoms with Gasteiger partial charge < -0.3 is 10.6 Å². The summed E-state index contributed by atoms with van der Waals surface area (Å²) in [5.41, 5.74) is 1.34. The number of anilines is 1. The molecule has 0 aromatic heterocycles. The first-order valence-corrected chi connectivity index (χ1v) is 7.72. The number of thiocarbonyl (C=S) groups is 1. The van der Waals surface area contributed by atoms with Gasteiger partial charge in [-0.2, -0.15) is 0 Å². The lowest BCUT2D eigenvalue weighted by Gasteiger charge is -2.35. The molecule has 0 spiro atoms. The maximum absolute atomic E-state index is 13.5. The second-order valence-corrected chi connectivity index (χ2v) is 6.34. The monoisotopic (exact) mass is 294 g/mol. The number of benzene rings is 1. The van der Waals surface area contributed by atoms with Gasteiger partial charge in [-0.15, -0.1) is 0 Å². The largest absolute Gasteiger partial charge is 0.359 e. The van der Waals surface area contributed by atoms with Gasteiger partial charge in [0.15, 0.2) is 5.11 Å². The van der Waals surface area contributed by atoms with E-state index < -0.39 is 0 Å². The van der Waals surface area contributed by atoms with Crippen LogP contribution in [0, 0.1) is 24.6 Å². The Morgan fingerprint density at radius 1 is 1.30 bits per heavy atom. The van der Waals surface area contributed by atoms with Gasteiger partial charge in [0.05, 0.1) is 0 Å². The van der Waals surface area contributed by atoms with Crippen LogP contribution in [0.3, 0.4) is 0 Å². The van der Waals surface area contributed by atoms with Crippen molar-refractivity contribution in [2.24, 2.45) is 11.8 Å². The van der Waals surface area contributed by atoms with Gasteiger partial charge in [-0.05, 0) is 55.1 Å². The smallest absolute Gasteiger partial charge is 0.171 e. The molecule has 1 aliphatic carbocycles. The summed E-state index contributed by atoms with van der Waals surface area (Å²) in [4.78, 5) is 0. The Hall–Kier alpha value is -1.16. The molecular weight excluding hydrogens is 271 g/mol. The van der Waals surface area contributed by atoms with Crippen LogP contribution in [-0.4, -0.2) is 11.2 Å². The van der Waals surface area contributed by atoms with E-state index >= 15 is 0 Å². The first-order chi connectivity index (χ1) is 9.47. The van der Waals surface area contributed by atoms with Crippen LogP contribution < -0.4 is 10.6 Å². The highest BCUT2D eigenvalue weighted by atomic mass is 32.1. The molecule has 0 heterocycles. The van der Waals surface area contributed by atoms with E-state index in [1.54, 1.807) is 13.0 Å². The van der Waals surface area contributed by atoms with Crippen molar-refractivity contribution in [3.05, 3.63) is 29.6 Å². The summed E-state index contributed by atoms with van der Waals surface area (Å²) in [7, 11) is 0. The van der Waals surface area contributed by atoms with Crippen LogP contribution in [0.5, 0.6) is 0 Å². The second-order valence-electron chi connectivity index (χ2n) is 5.94. The minimum atomic E-state index is -0.211. The number of nitrogens with one attached hydrogen (secondary N) is 2. The third-order valence-electron chi connectivity index (χ3n) is 4.45. The first-order valence-electron chi connectivity index (χ1n) is 7.31. The number of hydrogen-bond donors (Lipinski definition) is 2. The SMILES string of the molecule is Cc1ccc(NC(=S)N[C@H]2CCC[C@H](C)[C@@H]2C)cc1F. The normalized spacial score (nSPS) is 26.1. The minimum Gasteiger partial charge on any atom is -0.359 e. The van der Waals surface area contributed by atoms with E-state index in [0.717, 1.165) is 12.3 Å². The molecule has 2 nitrogen and oxygen atoms in total. The molecule has 1 fully saturated rings. The van der Waals surface area contributed by atoms with Crippen molar-refractivity contribution >= 4 is 23.0 Å². The van der Waals surface area contributed by atoms with Gasteiger partial charge in [-0.25, -0.2) is 4.39 Å². The highest BCUT2D eigenvalue weighted by Gasteiger charge is 2.27. The van der Waals surface area contributed by atoms with E-state index in [1.807, 2.05) is 6.07 Å². The van der Waals surface area contributed by atoms with Crippen molar-refractivity contribution in [2.75, 3.05) is 5.32 Å². The van der Waals surface area contributed by atoms with Crippen molar-refractivity contribution < 1.29 is 4.39 Å². The highest BCUT2D eigenvalue weighted by Crippen LogP contribution is 2.29. The van der Waals surface area contributed by atoms with Gasteiger partial charge in [0, 0.05) is 11.7 Å². The average Bonchev–Trinajstić information content (AvgIpc) is 2.39. The Morgan fingerprint density at radius 2 is 2.05 bits per heavy atom. The zero-order valence-corrected chi connectivity index (χ0v) is 13.2. The third-order valence-corrected chi connectivity index (χ3v) is 4.67. The standard InChI is InChI=1S/C16H23FN2S/c1-10-5-4-6-15(12(10)3)19-16(20)18-13-8-7-11(2)14(17)9-13/h7-10,12,15H,4-6H2,1-3H3,(H2,18,19,20)/t10-,12-,15-/m0/s1. The first kappa shape index (κ1) is 15.2. The van der Waals surface area contributed by atoms with Crippen molar-refractivity contribution in [1.82, 2.24) is 5.32 Å². The Bertz CT molecular complexity index is 489. The van der Waals surface area contributed by atoms with Gasteiger partial charge in [0.2, 0.25) is 0 Å². The Kier molecular flexibility index (Phi) is 4.97. The molecule has 4 heteroatoms. The number of hydrogen-bond acceptors (Lipinski definition) is 1. The van der Waals surface area contributed by atoms with E-state index in [4.69, 9.17) is 12.2 Å². The van der Waals surface area contributed by atoms with Crippen LogP contribution in [0.1, 0.15) is 38.7 Å². The molecular formula is C16H23FN2S. The molecule has 0 bridgehead atoms. The molecule has 1 aromatic carbocycles. The fraction of sp³-hybridized carbons (Fsp3) is 0.562. The van der Waals surface area contributed by atoms with Crippen molar-refractivity contribution in [3.63, 3.8) is 0 Å². The molecule has 0 radical (unpaired) electrons. The average molecular weight is 294 g/mol. The molecule has 0 amide bonds. The maximum Gasteiger partial charge on any atom is 0.171 e. The summed E-state index contributed by atoms with van der Waals surface area (Å²) in [6.45, 7) is 6.32. The lowest BCUT2D eigenvalue weighted by atomic mass is 9.78. The maximum atomic E-state index is 13.5. The Balaban J connectivity index is 1.93. The zero-order chi connectivity index (χ0) is 14.7. The Labute approximate surface area is 126 Å². The fourth-order valence-corrected chi connectivity index (χ4v) is 3.06. The number of aryl methyl sites for hydroxylation is 1. The molecule has 2 N–H and O–H groups in total. The summed E-state index contributed by atoms with van der Waals surface area (Å²) in [6.07, 6.45) is 3.68. The van der Waals surface area contributed by atoms with E-state index in [-0.39, 0.29) is 5.82 Å². The zero-order valence-electron chi connectivity index (χ0n) is 12.4. The van der Waals surface area contributed by atoms with Gasteiger partial charge in [0.25, 0.3) is 0 Å². The number of rotatable bonds is 2. The fourth-order valence-electron chi connectivity index (χ4n) is 2.79. The second kappa shape index (κ2) is 6.53.